The van der Waals surface area contributed by atoms with Gasteiger partial charge in [0.2, 0.25) is 5.91 Å². The second-order valence-corrected chi connectivity index (χ2v) is 8.12. The van der Waals surface area contributed by atoms with Crippen LogP contribution in [0.4, 0.5) is 11.4 Å². The number of aromatic nitrogens is 1. The summed E-state index contributed by atoms with van der Waals surface area (Å²) in [5.74, 6) is -0.346. The number of hydrogen-bond acceptors (Lipinski definition) is 5. The summed E-state index contributed by atoms with van der Waals surface area (Å²) in [6, 6.07) is 20.6. The number of thioether (sulfide) groups is 1. The highest BCUT2D eigenvalue weighted by Crippen LogP contribution is 2.49. The average Bonchev–Trinajstić information content (AvgIpc) is 3.01. The van der Waals surface area contributed by atoms with Crippen LogP contribution in [0.2, 0.25) is 0 Å². The molecule has 30 heavy (non-hydrogen) atoms. The molecule has 2 amide bonds. The van der Waals surface area contributed by atoms with Gasteiger partial charge in [-0.2, -0.15) is 0 Å². The molecule has 0 unspecified atom stereocenters. The van der Waals surface area contributed by atoms with Gasteiger partial charge in [0.15, 0.2) is 0 Å². The standard InChI is InChI=1S/C23H19N3O3S/c1-25-19-11-5-3-9-17(19)23(22(25)28)26(18-10-4-2-8-16(18)14-29-23)21(27)15-30-20-12-6-7-13-24-20/h2-13H,14-15H2,1H3/t23-/m0/s1. The first-order valence-electron chi connectivity index (χ1n) is 9.59. The quantitative estimate of drug-likeness (QED) is 0.610. The molecule has 7 heteroatoms. The zero-order valence-corrected chi connectivity index (χ0v) is 17.1. The number of likely N-dealkylation sites (N-methyl/N-ethyl adjacent to an activating group) is 1. The van der Waals surface area contributed by atoms with Crippen molar-refractivity contribution in [2.75, 3.05) is 22.6 Å². The van der Waals surface area contributed by atoms with Gasteiger partial charge in [-0.25, -0.2) is 4.98 Å². The number of hydrogen-bond donors (Lipinski definition) is 0. The minimum atomic E-state index is -1.50. The second-order valence-electron chi connectivity index (χ2n) is 7.13. The molecule has 5 rings (SSSR count). The number of carbonyl (C=O) groups excluding carboxylic acids is 2. The number of rotatable bonds is 3. The summed E-state index contributed by atoms with van der Waals surface area (Å²) in [6.07, 6.45) is 1.69. The molecule has 1 spiro atoms. The third-order valence-corrected chi connectivity index (χ3v) is 6.37. The molecule has 2 aromatic carbocycles. The van der Waals surface area contributed by atoms with Crippen LogP contribution in [0.25, 0.3) is 0 Å². The van der Waals surface area contributed by atoms with Gasteiger partial charge >= 0.3 is 0 Å². The Labute approximate surface area is 178 Å². The summed E-state index contributed by atoms with van der Waals surface area (Å²) in [7, 11) is 1.71. The summed E-state index contributed by atoms with van der Waals surface area (Å²) in [4.78, 5) is 34.5. The van der Waals surface area contributed by atoms with E-state index in [4.69, 9.17) is 4.74 Å². The number of ether oxygens (including phenoxy) is 1. The Morgan fingerprint density at radius 3 is 2.60 bits per heavy atom. The number of para-hydroxylation sites is 2. The third-order valence-electron chi connectivity index (χ3n) is 5.44. The lowest BCUT2D eigenvalue weighted by Gasteiger charge is -2.43. The van der Waals surface area contributed by atoms with E-state index in [0.717, 1.165) is 16.3 Å². The Kier molecular flexibility index (Phi) is 4.56. The molecule has 3 heterocycles. The van der Waals surface area contributed by atoms with Crippen molar-refractivity contribution in [1.29, 1.82) is 0 Å². The molecule has 0 saturated heterocycles. The third kappa shape index (κ3) is 2.74. The Morgan fingerprint density at radius 2 is 1.80 bits per heavy atom. The fourth-order valence-corrected chi connectivity index (χ4v) is 4.78. The molecule has 0 radical (unpaired) electrons. The predicted octanol–water partition coefficient (Wildman–Crippen LogP) is 3.57. The highest BCUT2D eigenvalue weighted by Gasteiger charge is 2.59. The van der Waals surface area contributed by atoms with E-state index in [1.165, 1.54) is 16.7 Å². The monoisotopic (exact) mass is 417 g/mol. The molecule has 0 bridgehead atoms. The van der Waals surface area contributed by atoms with E-state index < -0.39 is 5.72 Å². The van der Waals surface area contributed by atoms with Crippen molar-refractivity contribution in [2.45, 2.75) is 17.4 Å². The van der Waals surface area contributed by atoms with E-state index in [2.05, 4.69) is 4.98 Å². The molecule has 1 atom stereocenters. The van der Waals surface area contributed by atoms with Gasteiger partial charge in [0.25, 0.3) is 11.6 Å². The van der Waals surface area contributed by atoms with Crippen molar-refractivity contribution in [1.82, 2.24) is 4.98 Å². The van der Waals surface area contributed by atoms with Gasteiger partial charge in [-0.15, -0.1) is 0 Å². The van der Waals surface area contributed by atoms with Crippen LogP contribution in [-0.4, -0.2) is 29.6 Å². The lowest BCUT2D eigenvalue weighted by molar-refractivity contribution is -0.152. The lowest BCUT2D eigenvalue weighted by Crippen LogP contribution is -2.59. The topological polar surface area (TPSA) is 62.7 Å². The summed E-state index contributed by atoms with van der Waals surface area (Å²) >= 11 is 1.34. The van der Waals surface area contributed by atoms with E-state index >= 15 is 0 Å². The number of carbonyl (C=O) groups is 2. The largest absolute Gasteiger partial charge is 0.338 e. The molecular formula is C23H19N3O3S. The molecule has 0 N–H and O–H groups in total. The van der Waals surface area contributed by atoms with Gasteiger partial charge in [-0.05, 0) is 24.3 Å². The van der Waals surface area contributed by atoms with Crippen molar-refractivity contribution >= 4 is 35.0 Å². The summed E-state index contributed by atoms with van der Waals surface area (Å²) in [6.45, 7) is 0.251. The summed E-state index contributed by atoms with van der Waals surface area (Å²) in [5, 5.41) is 0.751. The SMILES string of the molecule is CN1C(=O)[C@@]2(OCc3ccccc3N2C(=O)CSc2ccccn2)c2ccccc21. The average molecular weight is 417 g/mol. The van der Waals surface area contributed by atoms with Crippen LogP contribution in [0.15, 0.2) is 78.0 Å². The van der Waals surface area contributed by atoms with E-state index in [0.29, 0.717) is 11.3 Å². The minimum Gasteiger partial charge on any atom is -0.338 e. The molecule has 2 aliphatic heterocycles. The Morgan fingerprint density at radius 1 is 1.07 bits per heavy atom. The van der Waals surface area contributed by atoms with Gasteiger partial charge in [-0.1, -0.05) is 54.2 Å². The highest BCUT2D eigenvalue weighted by atomic mass is 32.2. The zero-order valence-electron chi connectivity index (χ0n) is 16.3. The van der Waals surface area contributed by atoms with Gasteiger partial charge in [-0.3, -0.25) is 14.5 Å². The molecule has 150 valence electrons. The van der Waals surface area contributed by atoms with Crippen molar-refractivity contribution in [3.8, 4) is 0 Å². The van der Waals surface area contributed by atoms with Crippen molar-refractivity contribution in [3.63, 3.8) is 0 Å². The first-order chi connectivity index (χ1) is 14.6. The number of nitrogens with zero attached hydrogens (tertiary/aromatic N) is 3. The van der Waals surface area contributed by atoms with Gasteiger partial charge < -0.3 is 9.64 Å². The maximum absolute atomic E-state index is 13.6. The maximum atomic E-state index is 13.6. The number of fused-ring (bicyclic) bond motifs is 3. The number of amides is 2. The van der Waals surface area contributed by atoms with Crippen LogP contribution in [0, 0.1) is 0 Å². The van der Waals surface area contributed by atoms with Crippen molar-refractivity contribution < 1.29 is 14.3 Å². The van der Waals surface area contributed by atoms with E-state index in [9.17, 15) is 9.59 Å². The van der Waals surface area contributed by atoms with Crippen LogP contribution in [-0.2, 0) is 26.7 Å². The van der Waals surface area contributed by atoms with E-state index in [1.807, 2.05) is 66.7 Å². The molecule has 1 aromatic heterocycles. The fourth-order valence-electron chi connectivity index (χ4n) is 4.07. The normalized spacial score (nSPS) is 19.7. The number of benzene rings is 2. The smallest absolute Gasteiger partial charge is 0.285 e. The number of pyridine rings is 1. The first-order valence-corrected chi connectivity index (χ1v) is 10.6. The maximum Gasteiger partial charge on any atom is 0.285 e. The molecular weight excluding hydrogens is 398 g/mol. The highest BCUT2D eigenvalue weighted by molar-refractivity contribution is 7.99. The lowest BCUT2D eigenvalue weighted by atomic mass is 9.97. The van der Waals surface area contributed by atoms with Gasteiger partial charge in [0, 0.05) is 24.4 Å². The van der Waals surface area contributed by atoms with Gasteiger partial charge in [0.1, 0.15) is 0 Å². The van der Waals surface area contributed by atoms with Gasteiger partial charge in [0.05, 0.1) is 28.8 Å². The molecule has 3 aromatic rings. The zero-order chi connectivity index (χ0) is 20.7. The van der Waals surface area contributed by atoms with Crippen LogP contribution in [0.3, 0.4) is 0 Å². The summed E-state index contributed by atoms with van der Waals surface area (Å²) < 4.78 is 6.24. The Balaban J connectivity index is 1.61. The van der Waals surface area contributed by atoms with E-state index in [-0.39, 0.29) is 24.2 Å². The van der Waals surface area contributed by atoms with Crippen LogP contribution in [0.1, 0.15) is 11.1 Å². The molecule has 2 aliphatic rings. The van der Waals surface area contributed by atoms with Crippen LogP contribution >= 0.6 is 11.8 Å². The number of anilines is 2. The molecule has 0 fully saturated rings. The van der Waals surface area contributed by atoms with Crippen molar-refractivity contribution in [3.05, 3.63) is 84.1 Å². The molecule has 0 aliphatic carbocycles. The Bertz CT molecular complexity index is 1140. The second kappa shape index (κ2) is 7.27. The predicted molar refractivity (Wildman–Crippen MR) is 115 cm³/mol. The summed E-state index contributed by atoms with van der Waals surface area (Å²) in [5.41, 5.74) is 1.51. The fraction of sp³-hybridized carbons (Fsp3) is 0.174. The Hall–Kier alpha value is -3.16. The minimum absolute atomic E-state index is 0.135. The molecule has 6 nitrogen and oxygen atoms in total. The van der Waals surface area contributed by atoms with Crippen LogP contribution in [0.5, 0.6) is 0 Å². The van der Waals surface area contributed by atoms with E-state index in [1.54, 1.807) is 18.1 Å². The first kappa shape index (κ1) is 18.8. The van der Waals surface area contributed by atoms with Crippen LogP contribution < -0.4 is 9.80 Å². The molecule has 0 saturated carbocycles. The van der Waals surface area contributed by atoms with Crippen molar-refractivity contribution in [2.24, 2.45) is 0 Å².